The second-order valence-electron chi connectivity index (χ2n) is 4.58. The van der Waals surface area contributed by atoms with Gasteiger partial charge in [0.05, 0.1) is 17.5 Å². The fourth-order valence-electron chi connectivity index (χ4n) is 2.17. The minimum absolute atomic E-state index is 0.153. The van der Waals surface area contributed by atoms with E-state index in [4.69, 9.17) is 5.73 Å². The maximum absolute atomic E-state index is 11.8. The molecule has 1 aromatic heterocycles. The van der Waals surface area contributed by atoms with E-state index in [0.717, 1.165) is 19.3 Å². The molecule has 94 valence electrons. The molecule has 17 heavy (non-hydrogen) atoms. The Labute approximate surface area is 99.6 Å². The lowest BCUT2D eigenvalue weighted by molar-refractivity contribution is 0.0913. The van der Waals surface area contributed by atoms with Crippen molar-refractivity contribution in [2.75, 3.05) is 12.3 Å². The van der Waals surface area contributed by atoms with E-state index >= 15 is 0 Å². The van der Waals surface area contributed by atoms with Crippen molar-refractivity contribution >= 4 is 11.6 Å². The number of carbonyl (C=O) groups is 1. The summed E-state index contributed by atoms with van der Waals surface area (Å²) >= 11 is 0. The molecular weight excluding hydrogens is 220 g/mol. The maximum atomic E-state index is 11.8. The third-order valence-corrected chi connectivity index (χ3v) is 3.35. The molecule has 1 heterocycles. The van der Waals surface area contributed by atoms with Crippen molar-refractivity contribution < 1.29 is 9.90 Å². The number of anilines is 1. The van der Waals surface area contributed by atoms with Gasteiger partial charge in [-0.25, -0.2) is 0 Å². The van der Waals surface area contributed by atoms with Gasteiger partial charge in [-0.3, -0.25) is 9.89 Å². The van der Waals surface area contributed by atoms with Crippen LogP contribution in [0, 0.1) is 12.8 Å². The Morgan fingerprint density at radius 3 is 2.94 bits per heavy atom. The van der Waals surface area contributed by atoms with Gasteiger partial charge >= 0.3 is 0 Å². The number of aromatic nitrogens is 2. The Morgan fingerprint density at radius 1 is 1.65 bits per heavy atom. The number of nitrogens with one attached hydrogen (secondary N) is 2. The third kappa shape index (κ3) is 2.41. The van der Waals surface area contributed by atoms with E-state index < -0.39 is 0 Å². The molecule has 0 aliphatic heterocycles. The Balaban J connectivity index is 1.91. The number of hydrogen-bond acceptors (Lipinski definition) is 4. The lowest BCUT2D eigenvalue weighted by Gasteiger charge is -2.14. The fourth-order valence-corrected chi connectivity index (χ4v) is 2.17. The molecule has 5 N–H and O–H groups in total. The Kier molecular flexibility index (Phi) is 3.33. The normalized spacial score (nSPS) is 23.9. The number of aliphatic hydroxyl groups excluding tert-OH is 1. The molecule has 0 aromatic carbocycles. The zero-order valence-electron chi connectivity index (χ0n) is 9.86. The number of H-pyrrole nitrogens is 1. The van der Waals surface area contributed by atoms with Crippen LogP contribution in [0.3, 0.4) is 0 Å². The van der Waals surface area contributed by atoms with Crippen molar-refractivity contribution in [3.05, 3.63) is 11.4 Å². The molecule has 1 aliphatic rings. The van der Waals surface area contributed by atoms with Gasteiger partial charge in [0.25, 0.3) is 5.91 Å². The van der Waals surface area contributed by atoms with Crippen LogP contribution < -0.4 is 11.1 Å². The first-order valence-electron chi connectivity index (χ1n) is 5.86. The van der Waals surface area contributed by atoms with Crippen LogP contribution in [0.1, 0.15) is 35.4 Å². The smallest absolute Gasteiger partial charge is 0.273 e. The van der Waals surface area contributed by atoms with Crippen LogP contribution in [0.25, 0.3) is 0 Å². The zero-order valence-corrected chi connectivity index (χ0v) is 9.86. The summed E-state index contributed by atoms with van der Waals surface area (Å²) in [6, 6.07) is 0. The van der Waals surface area contributed by atoms with E-state index in [0.29, 0.717) is 17.9 Å². The average Bonchev–Trinajstić information content (AvgIpc) is 2.84. The van der Waals surface area contributed by atoms with Crippen molar-refractivity contribution in [3.8, 4) is 0 Å². The van der Waals surface area contributed by atoms with E-state index in [-0.39, 0.29) is 23.6 Å². The lowest BCUT2D eigenvalue weighted by atomic mass is 10.1. The number of nitrogen functional groups attached to an aromatic ring is 1. The summed E-state index contributed by atoms with van der Waals surface area (Å²) in [6.45, 7) is 2.24. The predicted octanol–water partition coefficient (Wildman–Crippen LogP) is 0.191. The SMILES string of the molecule is Cc1[nH]nc(C(=O)NCC2CCCC2O)c1N. The topological polar surface area (TPSA) is 104 Å². The van der Waals surface area contributed by atoms with Crippen LogP contribution in [0.15, 0.2) is 0 Å². The summed E-state index contributed by atoms with van der Waals surface area (Å²) < 4.78 is 0. The van der Waals surface area contributed by atoms with Crippen molar-refractivity contribution in [2.45, 2.75) is 32.3 Å². The molecule has 0 radical (unpaired) electrons. The Morgan fingerprint density at radius 2 is 2.41 bits per heavy atom. The number of amides is 1. The number of nitrogens with zero attached hydrogens (tertiary/aromatic N) is 1. The van der Waals surface area contributed by atoms with Gasteiger partial charge in [0.2, 0.25) is 0 Å². The van der Waals surface area contributed by atoms with E-state index in [2.05, 4.69) is 15.5 Å². The quantitative estimate of drug-likeness (QED) is 0.603. The first-order valence-corrected chi connectivity index (χ1v) is 5.86. The maximum Gasteiger partial charge on any atom is 0.273 e. The van der Waals surface area contributed by atoms with Crippen molar-refractivity contribution in [1.82, 2.24) is 15.5 Å². The average molecular weight is 238 g/mol. The molecule has 2 atom stereocenters. The van der Waals surface area contributed by atoms with E-state index in [9.17, 15) is 9.90 Å². The third-order valence-electron chi connectivity index (χ3n) is 3.35. The summed E-state index contributed by atoms with van der Waals surface area (Å²) in [5.41, 5.74) is 7.02. The highest BCUT2D eigenvalue weighted by Crippen LogP contribution is 2.24. The predicted molar refractivity (Wildman–Crippen MR) is 63.4 cm³/mol. The molecule has 1 aromatic rings. The molecule has 0 saturated heterocycles. The highest BCUT2D eigenvalue weighted by Gasteiger charge is 2.26. The minimum atomic E-state index is -0.298. The number of aryl methyl sites for hydroxylation is 1. The van der Waals surface area contributed by atoms with Crippen LogP contribution in [0.5, 0.6) is 0 Å². The lowest BCUT2D eigenvalue weighted by Crippen LogP contribution is -2.33. The van der Waals surface area contributed by atoms with Crippen molar-refractivity contribution in [1.29, 1.82) is 0 Å². The fraction of sp³-hybridized carbons (Fsp3) is 0.636. The van der Waals surface area contributed by atoms with E-state index in [1.54, 1.807) is 6.92 Å². The van der Waals surface area contributed by atoms with Crippen LogP contribution in [0.2, 0.25) is 0 Å². The number of carbonyl (C=O) groups excluding carboxylic acids is 1. The standard InChI is InChI=1S/C11H18N4O2/c1-6-9(12)10(15-14-6)11(17)13-5-7-3-2-4-8(7)16/h7-8,16H,2-5,12H2,1H3,(H,13,17)(H,14,15). The molecule has 2 rings (SSSR count). The molecule has 1 aliphatic carbocycles. The number of hydrogen-bond donors (Lipinski definition) is 4. The van der Waals surface area contributed by atoms with Gasteiger partial charge in [-0.15, -0.1) is 0 Å². The number of aliphatic hydroxyl groups is 1. The molecular formula is C11H18N4O2. The Bertz CT molecular complexity index is 416. The van der Waals surface area contributed by atoms with Crippen molar-refractivity contribution in [3.63, 3.8) is 0 Å². The monoisotopic (exact) mass is 238 g/mol. The van der Waals surface area contributed by atoms with Gasteiger partial charge in [-0.05, 0) is 19.8 Å². The highest BCUT2D eigenvalue weighted by atomic mass is 16.3. The Hall–Kier alpha value is -1.56. The number of nitrogens with two attached hydrogens (primary N) is 1. The van der Waals surface area contributed by atoms with Crippen LogP contribution in [0.4, 0.5) is 5.69 Å². The summed E-state index contributed by atoms with van der Waals surface area (Å²) in [7, 11) is 0. The molecule has 1 fully saturated rings. The van der Waals surface area contributed by atoms with Crippen LogP contribution in [-0.4, -0.2) is 33.9 Å². The molecule has 1 amide bonds. The molecule has 0 spiro atoms. The van der Waals surface area contributed by atoms with Crippen molar-refractivity contribution in [2.24, 2.45) is 5.92 Å². The van der Waals surface area contributed by atoms with Gasteiger partial charge in [-0.1, -0.05) is 6.42 Å². The van der Waals surface area contributed by atoms with Gasteiger partial charge in [0, 0.05) is 12.5 Å². The van der Waals surface area contributed by atoms with Gasteiger partial charge < -0.3 is 16.2 Å². The highest BCUT2D eigenvalue weighted by molar-refractivity contribution is 5.97. The molecule has 6 nitrogen and oxygen atoms in total. The molecule has 6 heteroatoms. The molecule has 2 unspecified atom stereocenters. The van der Waals surface area contributed by atoms with Gasteiger partial charge in [0.1, 0.15) is 0 Å². The molecule has 0 bridgehead atoms. The molecule has 1 saturated carbocycles. The van der Waals surface area contributed by atoms with Gasteiger partial charge in [0.15, 0.2) is 5.69 Å². The first kappa shape index (κ1) is 11.9. The number of aromatic amines is 1. The van der Waals surface area contributed by atoms with E-state index in [1.807, 2.05) is 0 Å². The largest absolute Gasteiger partial charge is 0.395 e. The van der Waals surface area contributed by atoms with E-state index in [1.165, 1.54) is 0 Å². The van der Waals surface area contributed by atoms with Crippen LogP contribution in [-0.2, 0) is 0 Å². The number of rotatable bonds is 3. The summed E-state index contributed by atoms with van der Waals surface area (Å²) in [6.07, 6.45) is 2.50. The second kappa shape index (κ2) is 4.75. The first-order chi connectivity index (χ1) is 8.09. The second-order valence-corrected chi connectivity index (χ2v) is 4.58. The summed E-state index contributed by atoms with van der Waals surface area (Å²) in [5, 5.41) is 18.9. The minimum Gasteiger partial charge on any atom is -0.395 e. The zero-order chi connectivity index (χ0) is 12.4. The summed E-state index contributed by atoms with van der Waals surface area (Å²) in [4.78, 5) is 11.8. The summed E-state index contributed by atoms with van der Waals surface area (Å²) in [5.74, 6) is -0.133. The van der Waals surface area contributed by atoms with Crippen LogP contribution >= 0.6 is 0 Å². The van der Waals surface area contributed by atoms with Gasteiger partial charge in [-0.2, -0.15) is 5.10 Å².